The van der Waals surface area contributed by atoms with Gasteiger partial charge in [-0.2, -0.15) is 5.26 Å². The van der Waals surface area contributed by atoms with Gasteiger partial charge in [-0.15, -0.1) is 0 Å². The van der Waals surface area contributed by atoms with Gasteiger partial charge in [-0.1, -0.05) is 0 Å². The van der Waals surface area contributed by atoms with Crippen molar-refractivity contribution in [1.29, 1.82) is 5.26 Å². The molecule has 0 unspecified atom stereocenters. The Labute approximate surface area is 72.6 Å². The molecular weight excluding hydrogens is 178 g/mol. The highest BCUT2D eigenvalue weighted by Gasteiger charge is 2.18. The van der Waals surface area contributed by atoms with Gasteiger partial charge in [-0.05, 0) is 12.5 Å². The van der Waals surface area contributed by atoms with Crippen LogP contribution in [-0.2, 0) is 0 Å². The first kappa shape index (κ1) is 9.39. The summed E-state index contributed by atoms with van der Waals surface area (Å²) >= 11 is 0. The van der Waals surface area contributed by atoms with Crippen molar-refractivity contribution >= 4 is 0 Å². The van der Waals surface area contributed by atoms with Crippen LogP contribution in [0.25, 0.3) is 0 Å². The number of alkyl halides is 2. The van der Waals surface area contributed by atoms with E-state index in [0.717, 1.165) is 0 Å². The van der Waals surface area contributed by atoms with E-state index >= 15 is 0 Å². The third-order valence-electron chi connectivity index (χ3n) is 1.67. The lowest BCUT2D eigenvalue weighted by Crippen LogP contribution is -2.14. The molecule has 0 aliphatic carbocycles. The van der Waals surface area contributed by atoms with Gasteiger partial charge in [0, 0.05) is 11.8 Å². The van der Waals surface area contributed by atoms with Crippen LogP contribution < -0.4 is 5.56 Å². The van der Waals surface area contributed by atoms with E-state index in [9.17, 15) is 13.6 Å². The molecule has 1 aromatic heterocycles. The van der Waals surface area contributed by atoms with E-state index in [4.69, 9.17) is 5.26 Å². The van der Waals surface area contributed by atoms with Crippen LogP contribution in [-0.4, -0.2) is 4.98 Å². The van der Waals surface area contributed by atoms with Crippen LogP contribution in [0.3, 0.4) is 0 Å². The molecule has 0 aliphatic heterocycles. The number of hydrogen-bond donors (Lipinski definition) is 1. The van der Waals surface area contributed by atoms with E-state index in [1.165, 1.54) is 19.2 Å². The van der Waals surface area contributed by atoms with Crippen LogP contribution in [0.1, 0.15) is 23.1 Å². The molecule has 0 aliphatic rings. The van der Waals surface area contributed by atoms with Gasteiger partial charge >= 0.3 is 0 Å². The second kappa shape index (κ2) is 3.35. The molecule has 1 rings (SSSR count). The zero-order valence-corrected chi connectivity index (χ0v) is 6.77. The highest BCUT2D eigenvalue weighted by atomic mass is 19.3. The average molecular weight is 184 g/mol. The minimum Gasteiger partial charge on any atom is -0.328 e. The van der Waals surface area contributed by atoms with Crippen molar-refractivity contribution in [2.24, 2.45) is 0 Å². The second-order valence-electron chi connectivity index (χ2n) is 2.50. The lowest BCUT2D eigenvalue weighted by molar-refractivity contribution is 0.150. The van der Waals surface area contributed by atoms with Crippen molar-refractivity contribution in [2.45, 2.75) is 13.3 Å². The van der Waals surface area contributed by atoms with E-state index < -0.39 is 23.1 Å². The molecule has 1 heterocycles. The van der Waals surface area contributed by atoms with Crippen molar-refractivity contribution in [3.63, 3.8) is 0 Å². The number of rotatable bonds is 1. The maximum atomic E-state index is 12.4. The molecule has 1 N–H and O–H groups in total. The Morgan fingerprint density at radius 3 is 2.62 bits per heavy atom. The van der Waals surface area contributed by atoms with Crippen molar-refractivity contribution < 1.29 is 8.78 Å². The van der Waals surface area contributed by atoms with Crippen molar-refractivity contribution in [1.82, 2.24) is 4.98 Å². The fourth-order valence-corrected chi connectivity index (χ4v) is 1.04. The second-order valence-corrected chi connectivity index (χ2v) is 2.50. The van der Waals surface area contributed by atoms with Gasteiger partial charge in [0.1, 0.15) is 11.6 Å². The normalized spacial score (nSPS) is 10.1. The third kappa shape index (κ3) is 1.56. The van der Waals surface area contributed by atoms with Gasteiger partial charge in [0.15, 0.2) is 0 Å². The van der Waals surface area contributed by atoms with Crippen LogP contribution in [0.4, 0.5) is 8.78 Å². The Kier molecular flexibility index (Phi) is 2.42. The number of nitrogens with one attached hydrogen (secondary N) is 1. The van der Waals surface area contributed by atoms with E-state index in [0.29, 0.717) is 0 Å². The summed E-state index contributed by atoms with van der Waals surface area (Å²) < 4.78 is 24.7. The molecule has 3 nitrogen and oxygen atoms in total. The fourth-order valence-electron chi connectivity index (χ4n) is 1.04. The molecule has 0 aromatic carbocycles. The fraction of sp³-hybridized carbons (Fsp3) is 0.250. The van der Waals surface area contributed by atoms with Crippen LogP contribution >= 0.6 is 0 Å². The highest BCUT2D eigenvalue weighted by Crippen LogP contribution is 2.23. The molecule has 0 atom stereocenters. The Bertz CT molecular complexity index is 417. The molecule has 68 valence electrons. The van der Waals surface area contributed by atoms with Gasteiger partial charge in [-0.3, -0.25) is 4.79 Å². The molecule has 0 bridgehead atoms. The predicted molar refractivity (Wildman–Crippen MR) is 41.5 cm³/mol. The van der Waals surface area contributed by atoms with Crippen molar-refractivity contribution in [3.05, 3.63) is 33.2 Å². The number of pyridine rings is 1. The van der Waals surface area contributed by atoms with E-state index in [1.807, 2.05) is 0 Å². The van der Waals surface area contributed by atoms with Crippen LogP contribution in [0.2, 0.25) is 0 Å². The molecule has 5 heteroatoms. The maximum Gasteiger partial charge on any atom is 0.266 e. The molecule has 1 aromatic rings. The molecule has 13 heavy (non-hydrogen) atoms. The van der Waals surface area contributed by atoms with E-state index in [2.05, 4.69) is 4.98 Å². The summed E-state index contributed by atoms with van der Waals surface area (Å²) in [6, 6.07) is 1.46. The number of halogens is 2. The van der Waals surface area contributed by atoms with E-state index in [-0.39, 0.29) is 5.56 Å². The topological polar surface area (TPSA) is 56.6 Å². The van der Waals surface area contributed by atoms with Crippen LogP contribution in [0.5, 0.6) is 0 Å². The van der Waals surface area contributed by atoms with Gasteiger partial charge < -0.3 is 4.98 Å². The quantitative estimate of drug-likeness (QED) is 0.718. The minimum absolute atomic E-state index is 0.214. The number of nitriles is 1. The monoisotopic (exact) mass is 184 g/mol. The summed E-state index contributed by atoms with van der Waals surface area (Å²) in [7, 11) is 0. The standard InChI is InChI=1S/C8H6F2N2O/c1-4-3-12-8(13)5(2-11)6(4)7(9)10/h3,7H,1H3,(H,12,13). The molecular formula is C8H6F2N2O. The largest absolute Gasteiger partial charge is 0.328 e. The Morgan fingerprint density at radius 1 is 1.62 bits per heavy atom. The zero-order chi connectivity index (χ0) is 10.0. The molecule has 0 spiro atoms. The van der Waals surface area contributed by atoms with Gasteiger partial charge in [0.25, 0.3) is 12.0 Å². The molecule has 0 amide bonds. The number of aryl methyl sites for hydroxylation is 1. The van der Waals surface area contributed by atoms with Crippen molar-refractivity contribution in [2.75, 3.05) is 0 Å². The first-order valence-corrected chi connectivity index (χ1v) is 3.48. The Balaban J connectivity index is 3.56. The van der Waals surface area contributed by atoms with Crippen LogP contribution in [0.15, 0.2) is 11.0 Å². The number of H-pyrrole nitrogens is 1. The smallest absolute Gasteiger partial charge is 0.266 e. The first-order valence-electron chi connectivity index (χ1n) is 3.48. The maximum absolute atomic E-state index is 12.4. The van der Waals surface area contributed by atoms with Gasteiger partial charge in [0.2, 0.25) is 0 Å². The van der Waals surface area contributed by atoms with Gasteiger partial charge in [0.05, 0.1) is 0 Å². The van der Waals surface area contributed by atoms with E-state index in [1.54, 1.807) is 0 Å². The predicted octanol–water partition coefficient (Wildman–Crippen LogP) is 1.49. The third-order valence-corrected chi connectivity index (χ3v) is 1.67. The summed E-state index contributed by atoms with van der Waals surface area (Å²) in [5.41, 5.74) is -1.55. The molecule has 0 saturated heterocycles. The summed E-state index contributed by atoms with van der Waals surface area (Å²) in [5.74, 6) is 0. The lowest BCUT2D eigenvalue weighted by Gasteiger charge is -2.04. The first-order chi connectivity index (χ1) is 6.07. The zero-order valence-electron chi connectivity index (χ0n) is 6.77. The summed E-state index contributed by atoms with van der Waals surface area (Å²) in [5, 5.41) is 8.47. The highest BCUT2D eigenvalue weighted by molar-refractivity contribution is 5.40. The SMILES string of the molecule is Cc1c[nH]c(=O)c(C#N)c1C(F)F. The minimum atomic E-state index is -2.79. The molecule has 0 radical (unpaired) electrons. The van der Waals surface area contributed by atoms with Crippen LogP contribution in [0, 0.1) is 18.3 Å². The average Bonchev–Trinajstić information content (AvgIpc) is 2.07. The molecule has 0 fully saturated rings. The summed E-state index contributed by atoms with van der Waals surface area (Å²) in [4.78, 5) is 13.1. The Morgan fingerprint density at radius 2 is 2.23 bits per heavy atom. The lowest BCUT2D eigenvalue weighted by atomic mass is 10.1. The Hall–Kier alpha value is -1.70. The number of aromatic nitrogens is 1. The number of hydrogen-bond acceptors (Lipinski definition) is 2. The number of nitrogens with zero attached hydrogens (tertiary/aromatic N) is 1. The summed E-state index contributed by atoms with van der Waals surface area (Å²) in [6.45, 7) is 1.41. The molecule has 0 saturated carbocycles. The number of aromatic amines is 1. The van der Waals surface area contributed by atoms with Crippen molar-refractivity contribution in [3.8, 4) is 6.07 Å². The summed E-state index contributed by atoms with van der Waals surface area (Å²) in [6.07, 6.45) is -1.62. The van der Waals surface area contributed by atoms with Gasteiger partial charge in [-0.25, -0.2) is 8.78 Å².